The minimum absolute atomic E-state index is 0.129. The molecule has 0 fully saturated rings. The molecule has 8 nitrogen and oxygen atoms in total. The summed E-state index contributed by atoms with van der Waals surface area (Å²) < 4.78 is 6.31. The number of para-hydroxylation sites is 1. The highest BCUT2D eigenvalue weighted by Gasteiger charge is 2.12. The van der Waals surface area contributed by atoms with E-state index in [4.69, 9.17) is 4.74 Å². The number of rotatable bonds is 7. The van der Waals surface area contributed by atoms with Gasteiger partial charge in [-0.1, -0.05) is 48.0 Å². The smallest absolute Gasteiger partial charge is 0.343 e. The average molecular weight is 550 g/mol. The fourth-order valence-electron chi connectivity index (χ4n) is 2.85. The Hall–Kier alpha value is -4.24. The monoisotopic (exact) mass is 549 g/mol. The van der Waals surface area contributed by atoms with E-state index in [1.165, 1.54) is 24.3 Å². The highest BCUT2D eigenvalue weighted by atomic mass is 79.9. The third-order valence-electron chi connectivity index (χ3n) is 4.85. The SMILES string of the molecule is CC(C)C(=O)Nc1ccc(C(=O)NNC(=O)/C=C/c2ccccc2OC(=O)c2ccc(Br)cc2)cc1. The number of carbonyl (C=O) groups excluding carboxylic acids is 4. The normalized spacial score (nSPS) is 10.7. The van der Waals surface area contributed by atoms with Gasteiger partial charge in [-0.25, -0.2) is 4.79 Å². The summed E-state index contributed by atoms with van der Waals surface area (Å²) in [6.07, 6.45) is 2.68. The Morgan fingerprint density at radius 3 is 2.14 bits per heavy atom. The highest BCUT2D eigenvalue weighted by Crippen LogP contribution is 2.21. The number of nitrogens with one attached hydrogen (secondary N) is 3. The zero-order valence-electron chi connectivity index (χ0n) is 19.6. The van der Waals surface area contributed by atoms with E-state index < -0.39 is 17.8 Å². The summed E-state index contributed by atoms with van der Waals surface area (Å²) in [6.45, 7) is 3.56. The molecule has 184 valence electrons. The summed E-state index contributed by atoms with van der Waals surface area (Å²) in [7, 11) is 0. The van der Waals surface area contributed by atoms with Gasteiger partial charge in [0.1, 0.15) is 5.75 Å². The van der Waals surface area contributed by atoms with Crippen molar-refractivity contribution in [2.24, 2.45) is 5.92 Å². The van der Waals surface area contributed by atoms with Crippen molar-refractivity contribution < 1.29 is 23.9 Å². The van der Waals surface area contributed by atoms with E-state index in [1.54, 1.807) is 74.5 Å². The van der Waals surface area contributed by atoms with Crippen molar-refractivity contribution in [3.8, 4) is 5.75 Å². The molecule has 0 bridgehead atoms. The lowest BCUT2D eigenvalue weighted by Gasteiger charge is -2.09. The van der Waals surface area contributed by atoms with E-state index in [-0.39, 0.29) is 17.6 Å². The van der Waals surface area contributed by atoms with Crippen LogP contribution < -0.4 is 20.9 Å². The molecule has 36 heavy (non-hydrogen) atoms. The van der Waals surface area contributed by atoms with Crippen LogP contribution in [0.5, 0.6) is 5.75 Å². The predicted octanol–water partition coefficient (Wildman–Crippen LogP) is 4.74. The van der Waals surface area contributed by atoms with E-state index in [0.717, 1.165) is 4.47 Å². The molecule has 0 aromatic heterocycles. The Labute approximate surface area is 216 Å². The minimum atomic E-state index is -0.585. The number of hydrogen-bond acceptors (Lipinski definition) is 5. The van der Waals surface area contributed by atoms with Gasteiger partial charge in [-0.3, -0.25) is 25.2 Å². The summed E-state index contributed by atoms with van der Waals surface area (Å²) in [5, 5.41) is 2.73. The first kappa shape index (κ1) is 26.4. The third-order valence-corrected chi connectivity index (χ3v) is 5.38. The van der Waals surface area contributed by atoms with Crippen LogP contribution in [0, 0.1) is 5.92 Å². The first-order chi connectivity index (χ1) is 17.2. The molecule has 3 aromatic carbocycles. The van der Waals surface area contributed by atoms with Gasteiger partial charge in [-0.15, -0.1) is 0 Å². The average Bonchev–Trinajstić information content (AvgIpc) is 2.87. The second-order valence-corrected chi connectivity index (χ2v) is 8.85. The van der Waals surface area contributed by atoms with Crippen molar-refractivity contribution >= 4 is 51.4 Å². The molecule has 0 saturated carbocycles. The van der Waals surface area contributed by atoms with Crippen molar-refractivity contribution in [3.05, 3.63) is 100 Å². The molecule has 3 amide bonds. The number of amides is 3. The zero-order chi connectivity index (χ0) is 26.1. The maximum absolute atomic E-state index is 12.4. The Morgan fingerprint density at radius 1 is 0.833 bits per heavy atom. The molecule has 0 aliphatic rings. The lowest BCUT2D eigenvalue weighted by atomic mass is 10.1. The third kappa shape index (κ3) is 7.64. The molecule has 0 heterocycles. The van der Waals surface area contributed by atoms with Crippen molar-refractivity contribution in [2.75, 3.05) is 5.32 Å². The van der Waals surface area contributed by atoms with Crippen LogP contribution in [0.15, 0.2) is 83.3 Å². The van der Waals surface area contributed by atoms with Gasteiger partial charge in [-0.2, -0.15) is 0 Å². The van der Waals surface area contributed by atoms with Crippen LogP contribution in [-0.2, 0) is 9.59 Å². The van der Waals surface area contributed by atoms with Crippen LogP contribution in [0.25, 0.3) is 6.08 Å². The van der Waals surface area contributed by atoms with Gasteiger partial charge in [-0.05, 0) is 60.7 Å². The Balaban J connectivity index is 1.55. The number of benzene rings is 3. The van der Waals surface area contributed by atoms with E-state index in [1.807, 2.05) is 0 Å². The highest BCUT2D eigenvalue weighted by molar-refractivity contribution is 9.10. The summed E-state index contributed by atoms with van der Waals surface area (Å²) in [4.78, 5) is 48.7. The van der Waals surface area contributed by atoms with Gasteiger partial charge in [0, 0.05) is 33.3 Å². The molecule has 3 N–H and O–H groups in total. The molecule has 0 aliphatic heterocycles. The second kappa shape index (κ2) is 12.5. The number of hydrazine groups is 1. The summed E-state index contributed by atoms with van der Waals surface area (Å²) >= 11 is 3.32. The van der Waals surface area contributed by atoms with Crippen LogP contribution in [-0.4, -0.2) is 23.7 Å². The number of esters is 1. The molecule has 0 atom stereocenters. The summed E-state index contributed by atoms with van der Waals surface area (Å²) in [5.74, 6) is -1.66. The van der Waals surface area contributed by atoms with E-state index >= 15 is 0 Å². The largest absolute Gasteiger partial charge is 0.422 e. The fraction of sp³-hybridized carbons (Fsp3) is 0.111. The molecule has 0 spiro atoms. The summed E-state index contributed by atoms with van der Waals surface area (Å²) in [5.41, 5.74) is 6.37. The lowest BCUT2D eigenvalue weighted by molar-refractivity contribution is -0.119. The zero-order valence-corrected chi connectivity index (χ0v) is 21.2. The van der Waals surface area contributed by atoms with E-state index in [0.29, 0.717) is 22.4 Å². The van der Waals surface area contributed by atoms with Gasteiger partial charge >= 0.3 is 5.97 Å². The number of carbonyl (C=O) groups is 4. The molecule has 0 aliphatic carbocycles. The topological polar surface area (TPSA) is 114 Å². The van der Waals surface area contributed by atoms with Crippen LogP contribution in [0.1, 0.15) is 40.1 Å². The van der Waals surface area contributed by atoms with Crippen LogP contribution in [0.2, 0.25) is 0 Å². The van der Waals surface area contributed by atoms with Gasteiger partial charge in [0.05, 0.1) is 5.56 Å². The van der Waals surface area contributed by atoms with Gasteiger partial charge in [0.2, 0.25) is 5.91 Å². The summed E-state index contributed by atoms with van der Waals surface area (Å²) in [6, 6.07) is 19.8. The predicted molar refractivity (Wildman–Crippen MR) is 140 cm³/mol. The second-order valence-electron chi connectivity index (χ2n) is 7.93. The standard InChI is InChI=1S/C27H24BrN3O5/c1-17(2)25(33)29-22-14-9-19(10-15-22)26(34)31-30-24(32)16-11-18-5-3-4-6-23(18)36-27(35)20-7-12-21(28)13-8-20/h3-17H,1-2H3,(H,29,33)(H,30,32)(H,31,34)/b16-11+. The van der Waals surface area contributed by atoms with Gasteiger partial charge < -0.3 is 10.1 Å². The van der Waals surface area contributed by atoms with Crippen molar-refractivity contribution in [1.29, 1.82) is 0 Å². The molecule has 0 unspecified atom stereocenters. The molecule has 0 saturated heterocycles. The van der Waals surface area contributed by atoms with Gasteiger partial charge in [0.25, 0.3) is 11.8 Å². The maximum atomic E-state index is 12.4. The van der Waals surface area contributed by atoms with Gasteiger partial charge in [0.15, 0.2) is 0 Å². The Morgan fingerprint density at radius 2 is 1.47 bits per heavy atom. The maximum Gasteiger partial charge on any atom is 0.343 e. The minimum Gasteiger partial charge on any atom is -0.422 e. The number of halogens is 1. The van der Waals surface area contributed by atoms with Crippen molar-refractivity contribution in [3.63, 3.8) is 0 Å². The molecule has 0 radical (unpaired) electrons. The molecular formula is C27H24BrN3O5. The Kier molecular flexibility index (Phi) is 9.13. The molecule has 3 rings (SSSR count). The van der Waals surface area contributed by atoms with E-state index in [2.05, 4.69) is 32.1 Å². The number of ether oxygens (including phenoxy) is 1. The fourth-order valence-corrected chi connectivity index (χ4v) is 3.11. The molecule has 9 heteroatoms. The van der Waals surface area contributed by atoms with E-state index in [9.17, 15) is 19.2 Å². The van der Waals surface area contributed by atoms with Crippen LogP contribution >= 0.6 is 15.9 Å². The first-order valence-electron chi connectivity index (χ1n) is 11.0. The Bertz CT molecular complexity index is 1290. The first-order valence-corrected chi connectivity index (χ1v) is 11.8. The lowest BCUT2D eigenvalue weighted by Crippen LogP contribution is -2.40. The van der Waals surface area contributed by atoms with Crippen LogP contribution in [0.4, 0.5) is 5.69 Å². The van der Waals surface area contributed by atoms with Crippen LogP contribution in [0.3, 0.4) is 0 Å². The van der Waals surface area contributed by atoms with Crippen molar-refractivity contribution in [1.82, 2.24) is 10.9 Å². The molecule has 3 aromatic rings. The van der Waals surface area contributed by atoms with Crippen molar-refractivity contribution in [2.45, 2.75) is 13.8 Å². The number of hydrogen-bond donors (Lipinski definition) is 3. The number of anilines is 1. The molecular weight excluding hydrogens is 526 g/mol. The quantitative estimate of drug-likeness (QED) is 0.170.